The molecule has 0 atom stereocenters. The summed E-state index contributed by atoms with van der Waals surface area (Å²) in [6.07, 6.45) is 0. The first-order valence-corrected chi connectivity index (χ1v) is 12.1. The standard InChI is InChI=1S/C33H21N3/c1-3-12-23(13-4-1)31-34-32(24-14-5-2-6-15-24)36-33(35-31)29-21-25-16-8-9-17-26(25)28-20-19-22-11-7-10-18-27(22)30(28)29/h1-21H. The molecule has 168 valence electrons. The molecule has 0 bridgehead atoms. The average molecular weight is 460 g/mol. The van der Waals surface area contributed by atoms with Gasteiger partial charge in [-0.25, -0.2) is 15.0 Å². The highest BCUT2D eigenvalue weighted by molar-refractivity contribution is 6.22. The van der Waals surface area contributed by atoms with Gasteiger partial charge < -0.3 is 0 Å². The summed E-state index contributed by atoms with van der Waals surface area (Å²) in [5.41, 5.74) is 2.94. The Morgan fingerprint density at radius 1 is 0.361 bits per heavy atom. The van der Waals surface area contributed by atoms with Crippen LogP contribution in [-0.2, 0) is 0 Å². The Labute approximate surface area is 208 Å². The van der Waals surface area contributed by atoms with Crippen molar-refractivity contribution in [3.63, 3.8) is 0 Å². The third-order valence-corrected chi connectivity index (χ3v) is 6.69. The molecule has 6 aromatic carbocycles. The lowest BCUT2D eigenvalue weighted by molar-refractivity contribution is 1.08. The van der Waals surface area contributed by atoms with E-state index in [1.54, 1.807) is 0 Å². The first-order chi connectivity index (χ1) is 17.8. The molecule has 0 radical (unpaired) electrons. The molecule has 7 rings (SSSR count). The Hall–Kier alpha value is -4.89. The van der Waals surface area contributed by atoms with E-state index in [0.717, 1.165) is 22.1 Å². The van der Waals surface area contributed by atoms with Gasteiger partial charge >= 0.3 is 0 Å². The van der Waals surface area contributed by atoms with Crippen LogP contribution in [0, 0.1) is 0 Å². The van der Waals surface area contributed by atoms with E-state index >= 15 is 0 Å². The van der Waals surface area contributed by atoms with Crippen LogP contribution in [0.25, 0.3) is 66.5 Å². The smallest absolute Gasteiger partial charge is 0.164 e. The molecule has 0 unspecified atom stereocenters. The lowest BCUT2D eigenvalue weighted by atomic mass is 9.92. The minimum atomic E-state index is 0.668. The molecule has 1 heterocycles. The van der Waals surface area contributed by atoms with Crippen LogP contribution in [0.3, 0.4) is 0 Å². The third kappa shape index (κ3) is 3.41. The van der Waals surface area contributed by atoms with Crippen LogP contribution < -0.4 is 0 Å². The van der Waals surface area contributed by atoms with Gasteiger partial charge in [-0.05, 0) is 33.0 Å². The maximum Gasteiger partial charge on any atom is 0.164 e. The summed E-state index contributed by atoms with van der Waals surface area (Å²) in [6.45, 7) is 0. The normalized spacial score (nSPS) is 11.3. The van der Waals surface area contributed by atoms with E-state index in [4.69, 9.17) is 15.0 Å². The molecule has 0 aliphatic heterocycles. The average Bonchev–Trinajstić information content (AvgIpc) is 2.97. The third-order valence-electron chi connectivity index (χ3n) is 6.69. The van der Waals surface area contributed by atoms with Crippen molar-refractivity contribution in [1.82, 2.24) is 15.0 Å². The SMILES string of the molecule is c1ccc(-c2nc(-c3ccccc3)nc(-c3cc4ccccc4c4ccc5ccccc5c34)n2)cc1. The highest BCUT2D eigenvalue weighted by Gasteiger charge is 2.17. The second-order valence-electron chi connectivity index (χ2n) is 8.89. The van der Waals surface area contributed by atoms with Crippen molar-refractivity contribution < 1.29 is 0 Å². The van der Waals surface area contributed by atoms with Gasteiger partial charge in [0.2, 0.25) is 0 Å². The van der Waals surface area contributed by atoms with Gasteiger partial charge in [0.15, 0.2) is 17.5 Å². The van der Waals surface area contributed by atoms with Crippen LogP contribution in [0.1, 0.15) is 0 Å². The van der Waals surface area contributed by atoms with Crippen molar-refractivity contribution >= 4 is 32.3 Å². The molecule has 3 nitrogen and oxygen atoms in total. The summed E-state index contributed by atoms with van der Waals surface area (Å²) in [4.78, 5) is 15.0. The van der Waals surface area contributed by atoms with Crippen molar-refractivity contribution in [2.24, 2.45) is 0 Å². The van der Waals surface area contributed by atoms with Crippen molar-refractivity contribution in [1.29, 1.82) is 0 Å². The minimum Gasteiger partial charge on any atom is -0.208 e. The highest BCUT2D eigenvalue weighted by atomic mass is 15.0. The molecular weight excluding hydrogens is 438 g/mol. The molecule has 0 aliphatic carbocycles. The predicted octanol–water partition coefficient (Wildman–Crippen LogP) is 8.33. The van der Waals surface area contributed by atoms with Crippen LogP contribution >= 0.6 is 0 Å². The molecule has 0 spiro atoms. The molecule has 0 aliphatic rings. The van der Waals surface area contributed by atoms with Crippen LogP contribution in [0.4, 0.5) is 0 Å². The van der Waals surface area contributed by atoms with E-state index in [1.165, 1.54) is 26.9 Å². The Balaban J connectivity index is 1.61. The number of rotatable bonds is 3. The Morgan fingerprint density at radius 2 is 0.889 bits per heavy atom. The van der Waals surface area contributed by atoms with E-state index in [1.807, 2.05) is 60.7 Å². The van der Waals surface area contributed by atoms with E-state index in [0.29, 0.717) is 17.5 Å². The molecule has 0 amide bonds. The lowest BCUT2D eigenvalue weighted by Crippen LogP contribution is -2.01. The summed E-state index contributed by atoms with van der Waals surface area (Å²) in [7, 11) is 0. The first-order valence-electron chi connectivity index (χ1n) is 12.1. The minimum absolute atomic E-state index is 0.668. The van der Waals surface area contributed by atoms with Gasteiger partial charge in [0.25, 0.3) is 0 Å². The predicted molar refractivity (Wildman–Crippen MR) is 149 cm³/mol. The molecular formula is C33H21N3. The number of hydrogen-bond donors (Lipinski definition) is 0. The largest absolute Gasteiger partial charge is 0.208 e. The summed E-state index contributed by atoms with van der Waals surface area (Å²) in [6, 6.07) is 43.9. The maximum atomic E-state index is 5.04. The summed E-state index contributed by atoms with van der Waals surface area (Å²) in [5, 5.41) is 7.14. The van der Waals surface area contributed by atoms with Gasteiger partial charge in [0, 0.05) is 22.1 Å². The Morgan fingerprint density at radius 3 is 1.56 bits per heavy atom. The molecule has 1 aromatic heterocycles. The van der Waals surface area contributed by atoms with Crippen LogP contribution in [-0.4, -0.2) is 15.0 Å². The monoisotopic (exact) mass is 459 g/mol. The molecule has 0 saturated heterocycles. The van der Waals surface area contributed by atoms with Crippen molar-refractivity contribution in [2.75, 3.05) is 0 Å². The van der Waals surface area contributed by atoms with Gasteiger partial charge in [-0.15, -0.1) is 0 Å². The zero-order valence-corrected chi connectivity index (χ0v) is 19.5. The number of hydrogen-bond acceptors (Lipinski definition) is 3. The van der Waals surface area contributed by atoms with Crippen LogP contribution in [0.2, 0.25) is 0 Å². The van der Waals surface area contributed by atoms with E-state index < -0.39 is 0 Å². The maximum absolute atomic E-state index is 5.04. The van der Waals surface area contributed by atoms with E-state index in [9.17, 15) is 0 Å². The zero-order chi connectivity index (χ0) is 23.9. The number of fused-ring (bicyclic) bond motifs is 5. The molecule has 36 heavy (non-hydrogen) atoms. The van der Waals surface area contributed by atoms with E-state index in [-0.39, 0.29) is 0 Å². The summed E-state index contributed by atoms with van der Waals surface area (Å²) < 4.78 is 0. The molecule has 7 aromatic rings. The zero-order valence-electron chi connectivity index (χ0n) is 19.5. The lowest BCUT2D eigenvalue weighted by Gasteiger charge is -2.14. The van der Waals surface area contributed by atoms with E-state index in [2.05, 4.69) is 66.7 Å². The number of aromatic nitrogens is 3. The highest BCUT2D eigenvalue weighted by Crippen LogP contribution is 2.38. The summed E-state index contributed by atoms with van der Waals surface area (Å²) in [5.74, 6) is 2.01. The molecule has 3 heteroatoms. The van der Waals surface area contributed by atoms with Gasteiger partial charge in [0.1, 0.15) is 0 Å². The Bertz CT molecular complexity index is 1820. The fourth-order valence-corrected chi connectivity index (χ4v) is 4.99. The van der Waals surface area contributed by atoms with Crippen LogP contribution in [0.15, 0.2) is 127 Å². The van der Waals surface area contributed by atoms with Crippen molar-refractivity contribution in [3.05, 3.63) is 127 Å². The van der Waals surface area contributed by atoms with Crippen molar-refractivity contribution in [3.8, 4) is 34.2 Å². The Kier molecular flexibility index (Phi) is 4.78. The fraction of sp³-hybridized carbons (Fsp3) is 0. The second kappa shape index (κ2) is 8.40. The van der Waals surface area contributed by atoms with Crippen molar-refractivity contribution in [2.45, 2.75) is 0 Å². The van der Waals surface area contributed by atoms with Crippen LogP contribution in [0.5, 0.6) is 0 Å². The topological polar surface area (TPSA) is 38.7 Å². The first kappa shape index (κ1) is 20.5. The van der Waals surface area contributed by atoms with Gasteiger partial charge in [-0.2, -0.15) is 0 Å². The van der Waals surface area contributed by atoms with Gasteiger partial charge in [-0.1, -0.05) is 121 Å². The fourth-order valence-electron chi connectivity index (χ4n) is 4.99. The van der Waals surface area contributed by atoms with Gasteiger partial charge in [-0.3, -0.25) is 0 Å². The summed E-state index contributed by atoms with van der Waals surface area (Å²) >= 11 is 0. The quantitative estimate of drug-likeness (QED) is 0.249. The molecule has 0 fully saturated rings. The number of benzene rings is 6. The molecule has 0 N–H and O–H groups in total. The van der Waals surface area contributed by atoms with Gasteiger partial charge in [0.05, 0.1) is 0 Å². The number of nitrogens with zero attached hydrogens (tertiary/aromatic N) is 3. The second-order valence-corrected chi connectivity index (χ2v) is 8.89. The molecule has 0 saturated carbocycles.